The first-order valence-corrected chi connectivity index (χ1v) is 9.54. The van der Waals surface area contributed by atoms with Gasteiger partial charge in [-0.2, -0.15) is 0 Å². The lowest BCUT2D eigenvalue weighted by Crippen LogP contribution is -2.39. The predicted octanol–water partition coefficient (Wildman–Crippen LogP) is 2.82. The van der Waals surface area contributed by atoms with Crippen molar-refractivity contribution in [1.82, 2.24) is 10.2 Å². The first-order valence-electron chi connectivity index (χ1n) is 8.75. The monoisotopic (exact) mass is 464 g/mol. The zero-order valence-corrected chi connectivity index (χ0v) is 17.0. The van der Waals surface area contributed by atoms with Gasteiger partial charge in [0.05, 0.1) is 11.0 Å². The third-order valence-corrected chi connectivity index (χ3v) is 5.01. The van der Waals surface area contributed by atoms with Gasteiger partial charge in [0, 0.05) is 5.56 Å². The van der Waals surface area contributed by atoms with Crippen LogP contribution in [0.15, 0.2) is 46.9 Å². The first-order chi connectivity index (χ1) is 13.8. The summed E-state index contributed by atoms with van der Waals surface area (Å²) in [6.07, 6.45) is -1.11. The molecule has 1 saturated heterocycles. The van der Waals surface area contributed by atoms with E-state index in [1.54, 1.807) is 24.3 Å². The van der Waals surface area contributed by atoms with Crippen molar-refractivity contribution in [3.8, 4) is 5.75 Å². The number of halogens is 2. The van der Waals surface area contributed by atoms with Gasteiger partial charge in [0.25, 0.3) is 5.91 Å². The van der Waals surface area contributed by atoms with Crippen molar-refractivity contribution in [2.75, 3.05) is 13.2 Å². The number of aliphatic hydroxyl groups is 1. The van der Waals surface area contributed by atoms with E-state index in [1.807, 2.05) is 0 Å². The van der Waals surface area contributed by atoms with E-state index in [0.29, 0.717) is 16.9 Å². The van der Waals surface area contributed by atoms with E-state index in [0.717, 1.165) is 4.90 Å². The number of rotatable bonds is 7. The van der Waals surface area contributed by atoms with Crippen LogP contribution in [0.4, 0.5) is 9.18 Å². The molecule has 1 aliphatic rings. The number of ketones is 1. The lowest BCUT2D eigenvalue weighted by molar-refractivity contribution is -0.128. The minimum Gasteiger partial charge on any atom is -0.491 e. The van der Waals surface area contributed by atoms with Crippen molar-refractivity contribution in [3.05, 3.63) is 63.9 Å². The Balaban J connectivity index is 1.59. The number of β-amino-alcohol motifs (C(OH)–C–C–N with tert-alkyl or cyclic N) is 1. The highest BCUT2D eigenvalue weighted by atomic mass is 79.9. The van der Waals surface area contributed by atoms with E-state index in [4.69, 9.17) is 4.74 Å². The molecule has 3 rings (SSSR count). The predicted molar refractivity (Wildman–Crippen MR) is 105 cm³/mol. The van der Waals surface area contributed by atoms with Crippen LogP contribution in [-0.4, -0.2) is 47.0 Å². The molecular formula is C20H18BrFN2O5. The van der Waals surface area contributed by atoms with Gasteiger partial charge >= 0.3 is 6.03 Å². The fourth-order valence-electron chi connectivity index (χ4n) is 2.85. The maximum atomic E-state index is 13.4. The normalized spacial score (nSPS) is 17.2. The number of nitrogens with zero attached hydrogens (tertiary/aromatic N) is 1. The molecule has 1 fully saturated rings. The molecule has 2 N–H and O–H groups in total. The van der Waals surface area contributed by atoms with Crippen LogP contribution in [0.2, 0.25) is 0 Å². The molecule has 7 nitrogen and oxygen atoms in total. The number of benzene rings is 2. The fourth-order valence-corrected chi connectivity index (χ4v) is 3.25. The topological polar surface area (TPSA) is 95.9 Å². The summed E-state index contributed by atoms with van der Waals surface area (Å²) in [5, 5.41) is 12.7. The summed E-state index contributed by atoms with van der Waals surface area (Å²) >= 11 is 3.05. The average molecular weight is 465 g/mol. The third-order valence-electron chi connectivity index (χ3n) is 4.40. The van der Waals surface area contributed by atoms with Crippen LogP contribution in [-0.2, 0) is 4.79 Å². The molecule has 0 aromatic heterocycles. The van der Waals surface area contributed by atoms with Crippen molar-refractivity contribution in [2.45, 2.75) is 19.1 Å². The Bertz CT molecular complexity index is 950. The smallest absolute Gasteiger partial charge is 0.325 e. The van der Waals surface area contributed by atoms with Gasteiger partial charge < -0.3 is 15.2 Å². The fraction of sp³-hybridized carbons (Fsp3) is 0.250. The molecular weight excluding hydrogens is 447 g/mol. The summed E-state index contributed by atoms with van der Waals surface area (Å²) in [7, 11) is 0. The zero-order chi connectivity index (χ0) is 21.1. The number of aliphatic hydroxyl groups excluding tert-OH is 1. The number of nitrogens with one attached hydrogen (secondary N) is 1. The van der Waals surface area contributed by atoms with Gasteiger partial charge in [-0.3, -0.25) is 14.5 Å². The van der Waals surface area contributed by atoms with Crippen LogP contribution in [0.1, 0.15) is 28.9 Å². The average Bonchev–Trinajstić information content (AvgIpc) is 2.97. The van der Waals surface area contributed by atoms with Crippen LogP contribution in [0.3, 0.4) is 0 Å². The third kappa shape index (κ3) is 4.80. The summed E-state index contributed by atoms with van der Waals surface area (Å²) in [6, 6.07) is 8.83. The maximum absolute atomic E-state index is 13.4. The Hall–Kier alpha value is -2.78. The van der Waals surface area contributed by atoms with E-state index in [2.05, 4.69) is 21.2 Å². The minimum absolute atomic E-state index is 0.0714. The number of carbonyl (C=O) groups excluding carboxylic acids is 3. The van der Waals surface area contributed by atoms with Crippen LogP contribution >= 0.6 is 15.9 Å². The second kappa shape index (κ2) is 8.71. The Kier molecular flexibility index (Phi) is 6.29. The number of amides is 3. The molecule has 3 amide bonds. The van der Waals surface area contributed by atoms with Crippen molar-refractivity contribution < 1.29 is 28.6 Å². The number of carbonyl (C=O) groups is 3. The Labute approximate surface area is 174 Å². The van der Waals surface area contributed by atoms with Gasteiger partial charge in [-0.15, -0.1) is 0 Å². The molecule has 9 heteroatoms. The number of imide groups is 1. The Morgan fingerprint density at radius 1 is 1.28 bits per heavy atom. The van der Waals surface area contributed by atoms with Gasteiger partial charge in [0.15, 0.2) is 5.78 Å². The van der Waals surface area contributed by atoms with Gasteiger partial charge in [-0.05, 0) is 64.8 Å². The highest BCUT2D eigenvalue weighted by Gasteiger charge is 2.40. The molecule has 152 valence electrons. The van der Waals surface area contributed by atoms with E-state index >= 15 is 0 Å². The zero-order valence-electron chi connectivity index (χ0n) is 15.4. The summed E-state index contributed by atoms with van der Waals surface area (Å²) in [5.41, 5.74) is 0.964. The Morgan fingerprint density at radius 3 is 2.59 bits per heavy atom. The van der Waals surface area contributed by atoms with Crippen molar-refractivity contribution in [3.63, 3.8) is 0 Å². The molecule has 0 spiro atoms. The first kappa shape index (κ1) is 20.9. The second-order valence-electron chi connectivity index (χ2n) is 6.55. The van der Waals surface area contributed by atoms with Crippen molar-refractivity contribution >= 4 is 33.7 Å². The van der Waals surface area contributed by atoms with Crippen molar-refractivity contribution in [1.29, 1.82) is 0 Å². The van der Waals surface area contributed by atoms with Crippen molar-refractivity contribution in [2.24, 2.45) is 0 Å². The van der Waals surface area contributed by atoms with Gasteiger partial charge in [-0.25, -0.2) is 9.18 Å². The van der Waals surface area contributed by atoms with E-state index in [-0.39, 0.29) is 23.4 Å². The summed E-state index contributed by atoms with van der Waals surface area (Å²) in [4.78, 5) is 36.9. The lowest BCUT2D eigenvalue weighted by Gasteiger charge is -2.18. The quantitative estimate of drug-likeness (QED) is 0.485. The summed E-state index contributed by atoms with van der Waals surface area (Å²) in [6.45, 7) is 1.05. The number of Topliss-reactive ketones (excluding diaryl/α,β-unsaturated/α-hetero) is 1. The van der Waals surface area contributed by atoms with Gasteiger partial charge in [0.1, 0.15) is 30.3 Å². The molecule has 29 heavy (non-hydrogen) atoms. The molecule has 0 radical (unpaired) electrons. The van der Waals surface area contributed by atoms with Gasteiger partial charge in [0.2, 0.25) is 0 Å². The highest BCUT2D eigenvalue weighted by Crippen LogP contribution is 2.26. The lowest BCUT2D eigenvalue weighted by atomic mass is 10.1. The molecule has 1 heterocycles. The van der Waals surface area contributed by atoms with E-state index in [1.165, 1.54) is 25.1 Å². The number of hydrogen-bond acceptors (Lipinski definition) is 5. The van der Waals surface area contributed by atoms with Crippen LogP contribution in [0, 0.1) is 5.82 Å². The standard InChI is InChI=1S/C20H18BrFN2O5/c1-11(25)12-2-5-15(6-3-12)29-10-14(26)9-24-19(27)18(23-20(24)28)13-4-7-17(22)16(21)8-13/h2-8,14,18,26H,9-10H2,1H3,(H,23,28)/t14-,18+/m1/s1. The second-order valence-corrected chi connectivity index (χ2v) is 7.40. The van der Waals surface area contributed by atoms with Crippen LogP contribution in [0.25, 0.3) is 0 Å². The largest absolute Gasteiger partial charge is 0.491 e. The summed E-state index contributed by atoms with van der Waals surface area (Å²) in [5.74, 6) is -0.650. The molecule has 1 aliphatic heterocycles. The van der Waals surface area contributed by atoms with Crippen LogP contribution in [0.5, 0.6) is 5.75 Å². The minimum atomic E-state index is -1.11. The molecule has 0 unspecified atom stereocenters. The molecule has 0 bridgehead atoms. The molecule has 2 aromatic rings. The number of hydrogen-bond donors (Lipinski definition) is 2. The van der Waals surface area contributed by atoms with Crippen LogP contribution < -0.4 is 10.1 Å². The SMILES string of the molecule is CC(=O)c1ccc(OC[C@H](O)CN2C(=O)N[C@@H](c3ccc(F)c(Br)c3)C2=O)cc1. The highest BCUT2D eigenvalue weighted by molar-refractivity contribution is 9.10. The number of ether oxygens (including phenoxy) is 1. The summed E-state index contributed by atoms with van der Waals surface area (Å²) < 4.78 is 19.0. The maximum Gasteiger partial charge on any atom is 0.325 e. The molecule has 0 saturated carbocycles. The molecule has 2 atom stereocenters. The van der Waals surface area contributed by atoms with E-state index < -0.39 is 29.9 Å². The van der Waals surface area contributed by atoms with E-state index in [9.17, 15) is 23.9 Å². The number of urea groups is 1. The molecule has 0 aliphatic carbocycles. The molecule has 2 aromatic carbocycles. The Morgan fingerprint density at radius 2 is 1.97 bits per heavy atom. The van der Waals surface area contributed by atoms with Gasteiger partial charge in [-0.1, -0.05) is 6.07 Å².